The summed E-state index contributed by atoms with van der Waals surface area (Å²) in [6.07, 6.45) is 0. The number of nitro groups is 2. The summed E-state index contributed by atoms with van der Waals surface area (Å²) >= 11 is 5.69. The lowest BCUT2D eigenvalue weighted by Gasteiger charge is -2.05. The first-order valence-corrected chi connectivity index (χ1v) is 6.17. The summed E-state index contributed by atoms with van der Waals surface area (Å²) in [7, 11) is 0. The maximum Gasteiger partial charge on any atom is 0.350 e. The van der Waals surface area contributed by atoms with Crippen LogP contribution in [0, 0.1) is 20.2 Å². The van der Waals surface area contributed by atoms with Gasteiger partial charge in [-0.15, -0.1) is 0 Å². The maximum atomic E-state index is 12.0. The van der Waals surface area contributed by atoms with Crippen LogP contribution in [0.2, 0.25) is 5.02 Å². The number of nitrogens with zero attached hydrogens (tertiary/aromatic N) is 2. The molecule has 112 valence electrons. The highest BCUT2D eigenvalue weighted by atomic mass is 35.5. The van der Waals surface area contributed by atoms with Gasteiger partial charge in [0, 0.05) is 11.1 Å². The number of esters is 1. The van der Waals surface area contributed by atoms with Gasteiger partial charge < -0.3 is 4.74 Å². The largest absolute Gasteiger partial charge is 0.423 e. The van der Waals surface area contributed by atoms with Crippen molar-refractivity contribution in [2.75, 3.05) is 0 Å². The van der Waals surface area contributed by atoms with Gasteiger partial charge in [0.2, 0.25) is 0 Å². The summed E-state index contributed by atoms with van der Waals surface area (Å²) in [5.41, 5.74) is -1.58. The Labute approximate surface area is 128 Å². The number of halogens is 1. The second-order valence-electron chi connectivity index (χ2n) is 4.06. The van der Waals surface area contributed by atoms with Gasteiger partial charge >= 0.3 is 5.97 Å². The first-order valence-electron chi connectivity index (χ1n) is 5.79. The summed E-state index contributed by atoms with van der Waals surface area (Å²) in [4.78, 5) is 31.9. The highest BCUT2D eigenvalue weighted by Crippen LogP contribution is 2.26. The number of nitro benzene ring substituents is 2. The lowest BCUT2D eigenvalue weighted by molar-refractivity contribution is -0.394. The number of rotatable bonds is 4. The Kier molecular flexibility index (Phi) is 4.33. The number of ether oxygens (including phenoxy) is 1. The van der Waals surface area contributed by atoms with E-state index in [0.717, 1.165) is 12.1 Å². The third kappa shape index (κ3) is 3.36. The summed E-state index contributed by atoms with van der Waals surface area (Å²) < 4.78 is 4.97. The molecule has 0 unspecified atom stereocenters. The van der Waals surface area contributed by atoms with Gasteiger partial charge in [-0.05, 0) is 30.3 Å². The smallest absolute Gasteiger partial charge is 0.350 e. The van der Waals surface area contributed by atoms with Crippen LogP contribution in [0.3, 0.4) is 0 Å². The normalized spacial score (nSPS) is 10.0. The first-order chi connectivity index (χ1) is 10.4. The number of carbonyl (C=O) groups is 1. The van der Waals surface area contributed by atoms with E-state index in [-0.39, 0.29) is 11.3 Å². The fraction of sp³-hybridized carbons (Fsp3) is 0. The average molecular weight is 323 g/mol. The lowest BCUT2D eigenvalue weighted by atomic mass is 10.1. The van der Waals surface area contributed by atoms with Crippen molar-refractivity contribution in [3.63, 3.8) is 0 Å². The van der Waals surface area contributed by atoms with E-state index in [9.17, 15) is 25.0 Å². The highest BCUT2D eigenvalue weighted by molar-refractivity contribution is 6.30. The number of hydrogen-bond donors (Lipinski definition) is 0. The quantitative estimate of drug-likeness (QED) is 0.369. The second kappa shape index (κ2) is 6.19. The van der Waals surface area contributed by atoms with Crippen LogP contribution in [0.5, 0.6) is 5.75 Å². The molecule has 0 spiro atoms. The predicted octanol–water partition coefficient (Wildman–Crippen LogP) is 3.38. The summed E-state index contributed by atoms with van der Waals surface area (Å²) in [6, 6.07) is 8.47. The molecule has 0 saturated heterocycles. The first kappa shape index (κ1) is 15.4. The summed E-state index contributed by atoms with van der Waals surface area (Å²) in [5.74, 6) is -0.856. The van der Waals surface area contributed by atoms with Crippen LogP contribution in [0.4, 0.5) is 11.4 Å². The highest BCUT2D eigenvalue weighted by Gasteiger charge is 2.25. The number of non-ortho nitro benzene ring substituents is 1. The Balaban J connectivity index is 2.34. The fourth-order valence-corrected chi connectivity index (χ4v) is 1.75. The molecule has 0 aliphatic heterocycles. The fourth-order valence-electron chi connectivity index (χ4n) is 1.62. The van der Waals surface area contributed by atoms with Crippen LogP contribution in [-0.4, -0.2) is 15.8 Å². The number of carbonyl (C=O) groups excluding carboxylic acids is 1. The van der Waals surface area contributed by atoms with Crippen molar-refractivity contribution in [1.82, 2.24) is 0 Å². The Morgan fingerprint density at radius 1 is 1.00 bits per heavy atom. The van der Waals surface area contributed by atoms with E-state index in [1.54, 1.807) is 0 Å². The molecule has 0 aromatic heterocycles. The SMILES string of the molecule is O=C(Oc1ccc(Cl)cc1)c1ccc([N+](=O)[O-])cc1[N+](=O)[O-]. The molecule has 0 bridgehead atoms. The van der Waals surface area contributed by atoms with Crippen LogP contribution >= 0.6 is 11.6 Å². The Bertz CT molecular complexity index is 760. The molecule has 0 saturated carbocycles. The van der Waals surface area contributed by atoms with Gasteiger partial charge in [0.25, 0.3) is 11.4 Å². The van der Waals surface area contributed by atoms with Gasteiger partial charge in [-0.25, -0.2) is 4.79 Å². The minimum Gasteiger partial charge on any atom is -0.423 e. The van der Waals surface area contributed by atoms with Crippen molar-refractivity contribution in [2.24, 2.45) is 0 Å². The van der Waals surface area contributed by atoms with Gasteiger partial charge in [0.1, 0.15) is 11.3 Å². The molecule has 2 rings (SSSR count). The van der Waals surface area contributed by atoms with Crippen molar-refractivity contribution in [3.8, 4) is 5.75 Å². The molecule has 0 N–H and O–H groups in total. The van der Waals surface area contributed by atoms with Crippen molar-refractivity contribution in [3.05, 3.63) is 73.3 Å². The van der Waals surface area contributed by atoms with Gasteiger partial charge in [-0.3, -0.25) is 20.2 Å². The molecule has 2 aromatic carbocycles. The van der Waals surface area contributed by atoms with Gasteiger partial charge in [-0.1, -0.05) is 11.6 Å². The molecular weight excluding hydrogens is 316 g/mol. The zero-order valence-electron chi connectivity index (χ0n) is 10.8. The van der Waals surface area contributed by atoms with Crippen LogP contribution in [0.15, 0.2) is 42.5 Å². The topological polar surface area (TPSA) is 113 Å². The van der Waals surface area contributed by atoms with E-state index in [2.05, 4.69) is 0 Å². The molecule has 0 aliphatic carbocycles. The third-order valence-corrected chi connectivity index (χ3v) is 2.88. The molecule has 0 amide bonds. The second-order valence-corrected chi connectivity index (χ2v) is 4.50. The molecule has 0 heterocycles. The molecule has 2 aromatic rings. The van der Waals surface area contributed by atoms with Crippen LogP contribution < -0.4 is 4.74 Å². The standard InChI is InChI=1S/C13H7ClN2O6/c14-8-1-4-10(5-2-8)22-13(17)11-6-3-9(15(18)19)7-12(11)16(20)21/h1-7H. The molecule has 0 fully saturated rings. The molecule has 0 radical (unpaired) electrons. The van der Waals surface area contributed by atoms with Crippen molar-refractivity contribution in [2.45, 2.75) is 0 Å². The van der Waals surface area contributed by atoms with Crippen LogP contribution in [-0.2, 0) is 0 Å². The predicted molar refractivity (Wildman–Crippen MR) is 76.2 cm³/mol. The monoisotopic (exact) mass is 322 g/mol. The van der Waals surface area contributed by atoms with Crippen LogP contribution in [0.25, 0.3) is 0 Å². The zero-order chi connectivity index (χ0) is 16.3. The van der Waals surface area contributed by atoms with E-state index in [1.165, 1.54) is 24.3 Å². The Hall–Kier alpha value is -3.00. The van der Waals surface area contributed by atoms with Crippen molar-refractivity contribution < 1.29 is 19.4 Å². The van der Waals surface area contributed by atoms with Gasteiger partial charge in [0.15, 0.2) is 0 Å². The molecular formula is C13H7ClN2O6. The van der Waals surface area contributed by atoms with Crippen LogP contribution in [0.1, 0.15) is 10.4 Å². The average Bonchev–Trinajstić information content (AvgIpc) is 2.48. The molecule has 0 atom stereocenters. The van der Waals surface area contributed by atoms with E-state index in [4.69, 9.17) is 16.3 Å². The van der Waals surface area contributed by atoms with E-state index in [0.29, 0.717) is 11.1 Å². The van der Waals surface area contributed by atoms with Crippen molar-refractivity contribution >= 4 is 28.9 Å². The third-order valence-electron chi connectivity index (χ3n) is 2.63. The molecule has 9 heteroatoms. The lowest BCUT2D eigenvalue weighted by Crippen LogP contribution is -2.11. The summed E-state index contributed by atoms with van der Waals surface area (Å²) in [5, 5.41) is 22.0. The van der Waals surface area contributed by atoms with Gasteiger partial charge in [0.05, 0.1) is 15.9 Å². The summed E-state index contributed by atoms with van der Waals surface area (Å²) in [6.45, 7) is 0. The van der Waals surface area contributed by atoms with Gasteiger partial charge in [-0.2, -0.15) is 0 Å². The van der Waals surface area contributed by atoms with E-state index < -0.39 is 27.2 Å². The Morgan fingerprint density at radius 3 is 2.18 bits per heavy atom. The minimum atomic E-state index is -0.996. The van der Waals surface area contributed by atoms with E-state index in [1.807, 2.05) is 0 Å². The molecule has 0 aliphatic rings. The van der Waals surface area contributed by atoms with E-state index >= 15 is 0 Å². The van der Waals surface area contributed by atoms with Crippen molar-refractivity contribution in [1.29, 1.82) is 0 Å². The molecule has 22 heavy (non-hydrogen) atoms. The maximum absolute atomic E-state index is 12.0. The number of hydrogen-bond acceptors (Lipinski definition) is 6. The minimum absolute atomic E-state index is 0.141. The number of benzene rings is 2. The zero-order valence-corrected chi connectivity index (χ0v) is 11.5. The molecule has 8 nitrogen and oxygen atoms in total. The Morgan fingerprint density at radius 2 is 1.64 bits per heavy atom.